The Morgan fingerprint density at radius 2 is 1.81 bits per heavy atom. The molecule has 0 aliphatic carbocycles. The number of rotatable bonds is 6. The summed E-state index contributed by atoms with van der Waals surface area (Å²) >= 11 is 0. The van der Waals surface area contributed by atoms with Gasteiger partial charge in [-0.3, -0.25) is 9.59 Å². The molecule has 0 radical (unpaired) electrons. The molecule has 2 rings (SSSR count). The van der Waals surface area contributed by atoms with Crippen LogP contribution in [0.2, 0.25) is 0 Å². The van der Waals surface area contributed by atoms with Crippen LogP contribution >= 0.6 is 0 Å². The van der Waals surface area contributed by atoms with Crippen molar-refractivity contribution >= 4 is 23.6 Å². The molecular weight excluding hydrogens is 349 g/mol. The summed E-state index contributed by atoms with van der Waals surface area (Å²) in [6, 6.07) is 8.57. The second kappa shape index (κ2) is 8.70. The minimum Gasteiger partial charge on any atom is -0.496 e. The summed E-state index contributed by atoms with van der Waals surface area (Å²) < 4.78 is 44.5. The number of amides is 2. The van der Waals surface area contributed by atoms with Crippen LogP contribution in [0.5, 0.6) is 5.75 Å². The Labute approximate surface area is 147 Å². The van der Waals surface area contributed by atoms with E-state index in [1.807, 2.05) is 5.32 Å². The average molecular weight is 364 g/mol. The molecule has 0 aliphatic rings. The number of benzene rings is 2. The van der Waals surface area contributed by atoms with E-state index in [1.54, 1.807) is 24.3 Å². The molecule has 136 valence electrons. The van der Waals surface area contributed by atoms with Crippen LogP contribution in [0.15, 0.2) is 42.5 Å². The SMILES string of the molecule is COc1ccccc1C=CC(=O)NCC(=O)Nc1ccc(F)c(F)c1F. The highest BCUT2D eigenvalue weighted by atomic mass is 19.2. The third-order valence-corrected chi connectivity index (χ3v) is 3.29. The fourth-order valence-electron chi connectivity index (χ4n) is 2.01. The van der Waals surface area contributed by atoms with Crippen LogP contribution in [0, 0.1) is 17.5 Å². The van der Waals surface area contributed by atoms with Gasteiger partial charge in [0.1, 0.15) is 5.75 Å². The zero-order chi connectivity index (χ0) is 19.1. The van der Waals surface area contributed by atoms with Gasteiger partial charge in [0.25, 0.3) is 0 Å². The Morgan fingerprint density at radius 1 is 1.08 bits per heavy atom. The van der Waals surface area contributed by atoms with E-state index < -0.39 is 41.5 Å². The van der Waals surface area contributed by atoms with E-state index >= 15 is 0 Å². The third-order valence-electron chi connectivity index (χ3n) is 3.29. The van der Waals surface area contributed by atoms with Gasteiger partial charge in [-0.05, 0) is 24.3 Å². The summed E-state index contributed by atoms with van der Waals surface area (Å²) in [6.07, 6.45) is 2.70. The molecular formula is C18H15F3N2O3. The molecule has 26 heavy (non-hydrogen) atoms. The molecule has 0 spiro atoms. The van der Waals surface area contributed by atoms with Crippen LogP contribution in [0.3, 0.4) is 0 Å². The molecule has 2 N–H and O–H groups in total. The molecule has 0 saturated heterocycles. The Balaban J connectivity index is 1.90. The molecule has 0 aromatic heterocycles. The van der Waals surface area contributed by atoms with E-state index in [0.29, 0.717) is 17.4 Å². The minimum atomic E-state index is -1.69. The van der Waals surface area contributed by atoms with Gasteiger partial charge in [-0.2, -0.15) is 0 Å². The molecule has 2 amide bonds. The highest BCUT2D eigenvalue weighted by Gasteiger charge is 2.15. The van der Waals surface area contributed by atoms with E-state index in [4.69, 9.17) is 4.74 Å². The van der Waals surface area contributed by atoms with E-state index in [9.17, 15) is 22.8 Å². The molecule has 0 atom stereocenters. The lowest BCUT2D eigenvalue weighted by Gasteiger charge is -2.07. The van der Waals surface area contributed by atoms with Gasteiger partial charge in [-0.25, -0.2) is 13.2 Å². The summed E-state index contributed by atoms with van der Waals surface area (Å²) in [5.41, 5.74) is 0.145. The Hall–Kier alpha value is -3.29. The number of hydrogen-bond acceptors (Lipinski definition) is 3. The number of carbonyl (C=O) groups excluding carboxylic acids is 2. The van der Waals surface area contributed by atoms with Gasteiger partial charge in [-0.15, -0.1) is 0 Å². The van der Waals surface area contributed by atoms with Crippen molar-refractivity contribution in [1.29, 1.82) is 0 Å². The quantitative estimate of drug-likeness (QED) is 0.612. The van der Waals surface area contributed by atoms with Crippen LogP contribution in [0.25, 0.3) is 6.08 Å². The summed E-state index contributed by atoms with van der Waals surface area (Å²) in [6.45, 7) is -0.479. The van der Waals surface area contributed by atoms with Gasteiger partial charge in [0.15, 0.2) is 17.5 Å². The molecule has 8 heteroatoms. The van der Waals surface area contributed by atoms with Crippen molar-refractivity contribution in [2.45, 2.75) is 0 Å². The van der Waals surface area contributed by atoms with Gasteiger partial charge in [-0.1, -0.05) is 18.2 Å². The molecule has 5 nitrogen and oxygen atoms in total. The number of ether oxygens (including phenoxy) is 1. The van der Waals surface area contributed by atoms with Gasteiger partial charge < -0.3 is 15.4 Å². The highest BCUT2D eigenvalue weighted by molar-refractivity contribution is 5.98. The van der Waals surface area contributed by atoms with Crippen LogP contribution < -0.4 is 15.4 Å². The minimum absolute atomic E-state index is 0.479. The predicted molar refractivity (Wildman–Crippen MR) is 90.0 cm³/mol. The smallest absolute Gasteiger partial charge is 0.244 e. The summed E-state index contributed by atoms with van der Waals surface area (Å²) in [7, 11) is 1.49. The molecule has 0 bridgehead atoms. The number of para-hydroxylation sites is 1. The largest absolute Gasteiger partial charge is 0.496 e. The molecule has 0 saturated carbocycles. The maximum Gasteiger partial charge on any atom is 0.244 e. The van der Waals surface area contributed by atoms with Crippen molar-refractivity contribution in [3.63, 3.8) is 0 Å². The average Bonchev–Trinajstić information content (AvgIpc) is 2.65. The first-order chi connectivity index (χ1) is 12.4. The maximum absolute atomic E-state index is 13.5. The summed E-state index contributed by atoms with van der Waals surface area (Å²) in [4.78, 5) is 23.4. The van der Waals surface area contributed by atoms with E-state index in [0.717, 1.165) is 6.07 Å². The molecule has 0 fully saturated rings. The van der Waals surface area contributed by atoms with Crippen molar-refractivity contribution in [3.8, 4) is 5.75 Å². The number of hydrogen-bond donors (Lipinski definition) is 2. The lowest BCUT2D eigenvalue weighted by molar-refractivity contribution is -0.121. The van der Waals surface area contributed by atoms with Crippen molar-refractivity contribution in [1.82, 2.24) is 5.32 Å². The molecule has 0 heterocycles. The summed E-state index contributed by atoms with van der Waals surface area (Å²) in [5, 5.41) is 4.33. The first-order valence-corrected chi connectivity index (χ1v) is 7.44. The third kappa shape index (κ3) is 4.85. The number of nitrogens with one attached hydrogen (secondary N) is 2. The Morgan fingerprint density at radius 3 is 2.54 bits per heavy atom. The van der Waals surface area contributed by atoms with Crippen LogP contribution in [-0.4, -0.2) is 25.5 Å². The first-order valence-electron chi connectivity index (χ1n) is 7.44. The fraction of sp³-hybridized carbons (Fsp3) is 0.111. The van der Waals surface area contributed by atoms with Gasteiger partial charge in [0.2, 0.25) is 11.8 Å². The standard InChI is InChI=1S/C18H15F3N2O3/c1-26-14-5-3-2-4-11(14)6-9-15(24)22-10-16(25)23-13-8-7-12(19)17(20)18(13)21/h2-9H,10H2,1H3,(H,22,24)(H,23,25). The number of methoxy groups -OCH3 is 1. The number of carbonyl (C=O) groups is 2. The van der Waals surface area contributed by atoms with Crippen molar-refractivity contribution in [2.75, 3.05) is 19.0 Å². The van der Waals surface area contributed by atoms with Gasteiger partial charge in [0.05, 0.1) is 19.3 Å². The predicted octanol–water partition coefficient (Wildman–Crippen LogP) is 2.88. The Kier molecular flexibility index (Phi) is 6.37. The monoisotopic (exact) mass is 364 g/mol. The van der Waals surface area contributed by atoms with E-state index in [-0.39, 0.29) is 0 Å². The Bertz CT molecular complexity index is 854. The molecule has 0 unspecified atom stereocenters. The highest BCUT2D eigenvalue weighted by Crippen LogP contribution is 2.19. The molecule has 0 aliphatic heterocycles. The number of halogens is 3. The van der Waals surface area contributed by atoms with E-state index in [1.165, 1.54) is 19.3 Å². The van der Waals surface area contributed by atoms with Crippen LogP contribution in [0.4, 0.5) is 18.9 Å². The summed E-state index contributed by atoms with van der Waals surface area (Å²) in [5.74, 6) is -5.36. The van der Waals surface area contributed by atoms with Crippen molar-refractivity contribution < 1.29 is 27.5 Å². The maximum atomic E-state index is 13.5. The van der Waals surface area contributed by atoms with Crippen molar-refractivity contribution in [2.24, 2.45) is 0 Å². The van der Waals surface area contributed by atoms with E-state index in [2.05, 4.69) is 5.32 Å². The van der Waals surface area contributed by atoms with Gasteiger partial charge >= 0.3 is 0 Å². The van der Waals surface area contributed by atoms with Crippen molar-refractivity contribution in [3.05, 3.63) is 65.5 Å². The first kappa shape index (κ1) is 19.0. The fourth-order valence-corrected chi connectivity index (χ4v) is 2.01. The molecule has 2 aromatic rings. The van der Waals surface area contributed by atoms with Crippen LogP contribution in [-0.2, 0) is 9.59 Å². The number of anilines is 1. The normalized spacial score (nSPS) is 10.6. The lowest BCUT2D eigenvalue weighted by atomic mass is 10.2. The molecule has 2 aromatic carbocycles. The van der Waals surface area contributed by atoms with Crippen LogP contribution in [0.1, 0.15) is 5.56 Å². The van der Waals surface area contributed by atoms with Gasteiger partial charge in [0, 0.05) is 11.6 Å². The zero-order valence-electron chi connectivity index (χ0n) is 13.7. The zero-order valence-corrected chi connectivity index (χ0v) is 13.7. The second-order valence-electron chi connectivity index (χ2n) is 5.06. The topological polar surface area (TPSA) is 67.4 Å². The second-order valence-corrected chi connectivity index (χ2v) is 5.06. The lowest BCUT2D eigenvalue weighted by Crippen LogP contribution is -2.32.